The Morgan fingerprint density at radius 1 is 1.21 bits per heavy atom. The van der Waals surface area contributed by atoms with Crippen molar-refractivity contribution in [3.63, 3.8) is 0 Å². The van der Waals surface area contributed by atoms with E-state index in [0.29, 0.717) is 17.4 Å². The molecule has 0 spiro atoms. The van der Waals surface area contributed by atoms with Crippen LogP contribution in [0.3, 0.4) is 0 Å². The Hall–Kier alpha value is -2.59. The fraction of sp³-hybridized carbons (Fsp3) is 0.565. The van der Waals surface area contributed by atoms with Crippen molar-refractivity contribution in [2.75, 3.05) is 5.32 Å². The Kier molecular flexibility index (Phi) is 6.17. The van der Waals surface area contributed by atoms with Crippen molar-refractivity contribution in [1.29, 1.82) is 0 Å². The zero-order valence-electron chi connectivity index (χ0n) is 19.9. The molecule has 4 N–H and O–H groups in total. The molecule has 1 aromatic carbocycles. The zero-order chi connectivity index (χ0) is 24.0. The molecule has 1 aromatic heterocycles. The van der Waals surface area contributed by atoms with E-state index in [4.69, 9.17) is 5.10 Å². The molecule has 0 radical (unpaired) electrons. The topological polar surface area (TPSA) is 117 Å². The Labute approximate surface area is 195 Å². The predicted molar refractivity (Wildman–Crippen MR) is 128 cm³/mol. The summed E-state index contributed by atoms with van der Waals surface area (Å²) in [5.74, 6) is 1.02. The van der Waals surface area contributed by atoms with E-state index in [-0.39, 0.29) is 23.7 Å². The Balaban J connectivity index is 1.52. The molecule has 2 amide bonds. The summed E-state index contributed by atoms with van der Waals surface area (Å²) < 4.78 is 28.6. The molecule has 2 aliphatic rings. The SMILES string of the molecule is CC(C)NC(=O)NC1CCC(c2cc(Nc3ccc4c(c3)CNS4(=O)=O)nn2C(C)(C)C)C1. The lowest BCUT2D eigenvalue weighted by atomic mass is 10.0. The summed E-state index contributed by atoms with van der Waals surface area (Å²) in [7, 11) is -3.38. The minimum Gasteiger partial charge on any atom is -0.339 e. The first-order chi connectivity index (χ1) is 15.4. The highest BCUT2D eigenvalue weighted by atomic mass is 32.2. The van der Waals surface area contributed by atoms with Crippen LogP contribution in [0.4, 0.5) is 16.3 Å². The second-order valence-corrected chi connectivity index (χ2v) is 12.0. The first-order valence-electron chi connectivity index (χ1n) is 11.5. The molecule has 2 heterocycles. The smallest absolute Gasteiger partial charge is 0.315 e. The van der Waals surface area contributed by atoms with E-state index in [1.165, 1.54) is 0 Å². The van der Waals surface area contributed by atoms with Crippen LogP contribution in [-0.2, 0) is 22.1 Å². The van der Waals surface area contributed by atoms with Gasteiger partial charge in [0.1, 0.15) is 0 Å². The average molecular weight is 475 g/mol. The maximum atomic E-state index is 12.1. The van der Waals surface area contributed by atoms with Crippen molar-refractivity contribution in [2.24, 2.45) is 0 Å². The molecule has 1 fully saturated rings. The number of nitrogens with zero attached hydrogens (tertiary/aromatic N) is 2. The van der Waals surface area contributed by atoms with Gasteiger partial charge in [0.25, 0.3) is 0 Å². The van der Waals surface area contributed by atoms with Crippen molar-refractivity contribution in [1.82, 2.24) is 25.1 Å². The summed E-state index contributed by atoms with van der Waals surface area (Å²) in [5, 5.41) is 14.2. The van der Waals surface area contributed by atoms with Crippen LogP contribution in [0, 0.1) is 0 Å². The summed E-state index contributed by atoms with van der Waals surface area (Å²) in [6, 6.07) is 7.45. The molecule has 0 saturated heterocycles. The third-order valence-corrected chi connectivity index (χ3v) is 7.55. The van der Waals surface area contributed by atoms with Crippen LogP contribution in [0.15, 0.2) is 29.2 Å². The highest BCUT2D eigenvalue weighted by Crippen LogP contribution is 2.38. The van der Waals surface area contributed by atoms with Crippen LogP contribution < -0.4 is 20.7 Å². The number of hydrogen-bond donors (Lipinski definition) is 4. The van der Waals surface area contributed by atoms with Crippen molar-refractivity contribution in [2.45, 2.75) is 88.9 Å². The summed E-state index contributed by atoms with van der Waals surface area (Å²) in [4.78, 5) is 12.4. The number of urea groups is 1. The van der Waals surface area contributed by atoms with Gasteiger partial charge in [-0.3, -0.25) is 4.68 Å². The molecule has 9 nitrogen and oxygen atoms in total. The van der Waals surface area contributed by atoms with E-state index in [9.17, 15) is 13.2 Å². The van der Waals surface area contributed by atoms with Gasteiger partial charge in [-0.05, 0) is 77.6 Å². The molecule has 0 bridgehead atoms. The third-order valence-electron chi connectivity index (χ3n) is 6.05. The number of carbonyl (C=O) groups is 1. The van der Waals surface area contributed by atoms with Gasteiger partial charge in [-0.2, -0.15) is 5.10 Å². The van der Waals surface area contributed by atoms with Gasteiger partial charge < -0.3 is 16.0 Å². The van der Waals surface area contributed by atoms with Crippen molar-refractivity contribution < 1.29 is 13.2 Å². The highest BCUT2D eigenvalue weighted by molar-refractivity contribution is 7.89. The first kappa shape index (κ1) is 23.6. The van der Waals surface area contributed by atoms with Crippen LogP contribution >= 0.6 is 0 Å². The minimum absolute atomic E-state index is 0.105. The predicted octanol–water partition coefficient (Wildman–Crippen LogP) is 3.52. The summed E-state index contributed by atoms with van der Waals surface area (Å²) in [6.07, 6.45) is 2.78. The fourth-order valence-electron chi connectivity index (χ4n) is 4.61. The lowest BCUT2D eigenvalue weighted by Gasteiger charge is -2.25. The van der Waals surface area contributed by atoms with E-state index in [0.717, 1.165) is 42.0 Å². The van der Waals surface area contributed by atoms with Crippen molar-refractivity contribution in [3.05, 3.63) is 35.5 Å². The van der Waals surface area contributed by atoms with Crippen molar-refractivity contribution >= 4 is 27.6 Å². The van der Waals surface area contributed by atoms with Gasteiger partial charge in [-0.1, -0.05) is 0 Å². The van der Waals surface area contributed by atoms with Gasteiger partial charge in [0, 0.05) is 42.0 Å². The van der Waals surface area contributed by atoms with E-state index in [1.807, 2.05) is 19.9 Å². The van der Waals surface area contributed by atoms with E-state index < -0.39 is 10.0 Å². The normalized spacial score (nSPS) is 21.8. The first-order valence-corrected chi connectivity index (χ1v) is 13.0. The number of rotatable bonds is 5. The van der Waals surface area contributed by atoms with Gasteiger partial charge in [-0.15, -0.1) is 0 Å². The van der Waals surface area contributed by atoms with E-state index in [2.05, 4.69) is 52.2 Å². The second kappa shape index (κ2) is 8.64. The minimum atomic E-state index is -3.38. The third kappa shape index (κ3) is 5.16. The quantitative estimate of drug-likeness (QED) is 0.529. The molecule has 2 atom stereocenters. The number of sulfonamides is 1. The number of benzene rings is 1. The number of aromatic nitrogens is 2. The van der Waals surface area contributed by atoms with Gasteiger partial charge in [0.2, 0.25) is 10.0 Å². The van der Waals surface area contributed by atoms with E-state index >= 15 is 0 Å². The number of amides is 2. The fourth-order valence-corrected chi connectivity index (χ4v) is 5.84. The molecule has 4 rings (SSSR count). The van der Waals surface area contributed by atoms with Crippen LogP contribution in [0.2, 0.25) is 0 Å². The van der Waals surface area contributed by atoms with Gasteiger partial charge in [-0.25, -0.2) is 17.9 Å². The number of anilines is 2. The van der Waals surface area contributed by atoms with Crippen LogP contribution in [-0.4, -0.2) is 36.3 Å². The van der Waals surface area contributed by atoms with Gasteiger partial charge in [0.05, 0.1) is 10.4 Å². The molecular weight excluding hydrogens is 440 g/mol. The Morgan fingerprint density at radius 2 is 1.97 bits per heavy atom. The highest BCUT2D eigenvalue weighted by Gasteiger charge is 2.32. The monoisotopic (exact) mass is 474 g/mol. The molecular formula is C23H34N6O3S. The number of hydrogen-bond acceptors (Lipinski definition) is 5. The van der Waals surface area contributed by atoms with Crippen molar-refractivity contribution in [3.8, 4) is 0 Å². The number of carbonyl (C=O) groups excluding carboxylic acids is 1. The molecule has 33 heavy (non-hydrogen) atoms. The molecule has 10 heteroatoms. The zero-order valence-corrected chi connectivity index (χ0v) is 20.7. The molecule has 1 aliphatic carbocycles. The molecule has 1 saturated carbocycles. The summed E-state index contributed by atoms with van der Waals surface area (Å²) >= 11 is 0. The Bertz CT molecular complexity index is 1150. The maximum absolute atomic E-state index is 12.1. The van der Waals surface area contributed by atoms with Crippen LogP contribution in [0.1, 0.15) is 71.1 Å². The van der Waals surface area contributed by atoms with Gasteiger partial charge >= 0.3 is 6.03 Å². The second-order valence-electron chi connectivity index (χ2n) is 10.3. The Morgan fingerprint density at radius 3 is 2.67 bits per heavy atom. The van der Waals surface area contributed by atoms with Crippen LogP contribution in [0.25, 0.3) is 0 Å². The average Bonchev–Trinajstić information content (AvgIpc) is 3.38. The number of fused-ring (bicyclic) bond motifs is 1. The summed E-state index contributed by atoms with van der Waals surface area (Å²) in [5.41, 5.74) is 2.49. The van der Waals surface area contributed by atoms with E-state index in [1.54, 1.807) is 12.1 Å². The lowest BCUT2D eigenvalue weighted by molar-refractivity contribution is 0.234. The molecule has 2 unspecified atom stereocenters. The summed E-state index contributed by atoms with van der Waals surface area (Å²) in [6.45, 7) is 10.6. The molecule has 1 aliphatic heterocycles. The molecule has 180 valence electrons. The number of nitrogens with one attached hydrogen (secondary N) is 4. The molecule has 2 aromatic rings. The maximum Gasteiger partial charge on any atom is 0.315 e. The largest absolute Gasteiger partial charge is 0.339 e. The van der Waals surface area contributed by atoms with Gasteiger partial charge in [0.15, 0.2) is 5.82 Å². The standard InChI is InChI=1S/C23H34N6O3S/c1-14(2)25-22(30)27-18-7-6-15(10-18)19-12-21(28-29(19)23(3,4)5)26-17-8-9-20-16(11-17)13-24-33(20,31)32/h8-9,11-12,14-15,18,24H,6-7,10,13H2,1-5H3,(H,26,28)(H2,25,27,30). The lowest BCUT2D eigenvalue weighted by Crippen LogP contribution is -2.43. The van der Waals surface area contributed by atoms with Crippen LogP contribution in [0.5, 0.6) is 0 Å².